The van der Waals surface area contributed by atoms with Gasteiger partial charge in [0.15, 0.2) is 0 Å². The maximum absolute atomic E-state index is 11.0. The van der Waals surface area contributed by atoms with Crippen LogP contribution in [0.4, 0.5) is 0 Å². The van der Waals surface area contributed by atoms with Crippen LogP contribution in [0.15, 0.2) is 24.5 Å². The number of rotatable bonds is 3. The molecular formula is C15H16N4O2. The van der Waals surface area contributed by atoms with Gasteiger partial charge < -0.3 is 9.51 Å². The van der Waals surface area contributed by atoms with Gasteiger partial charge in [-0.3, -0.25) is 4.68 Å². The molecule has 1 N–H and O–H groups in total. The van der Waals surface area contributed by atoms with Crippen molar-refractivity contribution in [3.8, 4) is 11.3 Å². The predicted octanol–water partition coefficient (Wildman–Crippen LogP) is 2.53. The fraction of sp³-hybridized carbons (Fsp3) is 0.267. The summed E-state index contributed by atoms with van der Waals surface area (Å²) in [5.41, 5.74) is 4.67. The van der Waals surface area contributed by atoms with Crippen LogP contribution in [0.25, 0.3) is 16.9 Å². The first kappa shape index (κ1) is 13.4. The van der Waals surface area contributed by atoms with Gasteiger partial charge in [-0.25, -0.2) is 9.78 Å². The van der Waals surface area contributed by atoms with Crippen LogP contribution in [-0.4, -0.2) is 30.2 Å². The van der Waals surface area contributed by atoms with Crippen LogP contribution in [0.2, 0.25) is 0 Å². The van der Waals surface area contributed by atoms with Crippen molar-refractivity contribution in [1.82, 2.24) is 19.2 Å². The van der Waals surface area contributed by atoms with Crippen LogP contribution in [-0.2, 0) is 6.54 Å². The molecule has 0 aliphatic carbocycles. The van der Waals surface area contributed by atoms with Crippen LogP contribution >= 0.6 is 0 Å². The number of carboxylic acids is 1. The average molecular weight is 284 g/mol. The van der Waals surface area contributed by atoms with Gasteiger partial charge in [-0.05, 0) is 32.9 Å². The Morgan fingerprint density at radius 3 is 2.76 bits per heavy atom. The van der Waals surface area contributed by atoms with E-state index in [0.29, 0.717) is 5.65 Å². The highest BCUT2D eigenvalue weighted by Crippen LogP contribution is 2.26. The summed E-state index contributed by atoms with van der Waals surface area (Å²) in [6.45, 7) is 6.84. The summed E-state index contributed by atoms with van der Waals surface area (Å²) in [6.07, 6.45) is 3.61. The van der Waals surface area contributed by atoms with Crippen molar-refractivity contribution in [2.24, 2.45) is 0 Å². The van der Waals surface area contributed by atoms with Gasteiger partial charge in [0.25, 0.3) is 0 Å². The number of fused-ring (bicyclic) bond motifs is 1. The number of nitrogens with zero attached hydrogens (tertiary/aromatic N) is 4. The second-order valence-electron chi connectivity index (χ2n) is 4.97. The molecule has 0 aromatic carbocycles. The zero-order valence-electron chi connectivity index (χ0n) is 12.2. The molecule has 0 aliphatic rings. The van der Waals surface area contributed by atoms with Crippen molar-refractivity contribution in [2.45, 2.75) is 27.3 Å². The molecule has 0 radical (unpaired) electrons. The molecule has 21 heavy (non-hydrogen) atoms. The molecule has 3 aromatic rings. The van der Waals surface area contributed by atoms with E-state index in [9.17, 15) is 4.79 Å². The Hall–Kier alpha value is -2.63. The SMILES string of the molecule is CCn1nc(C)c(-c2cn3ccc(C(=O)O)cc3n2)c1C. The van der Waals surface area contributed by atoms with Crippen molar-refractivity contribution in [2.75, 3.05) is 0 Å². The smallest absolute Gasteiger partial charge is 0.335 e. The molecule has 0 amide bonds. The van der Waals surface area contributed by atoms with Gasteiger partial charge in [0, 0.05) is 30.2 Å². The van der Waals surface area contributed by atoms with Gasteiger partial charge in [-0.1, -0.05) is 0 Å². The monoisotopic (exact) mass is 284 g/mol. The highest BCUT2D eigenvalue weighted by molar-refractivity contribution is 5.88. The second kappa shape index (κ2) is 4.73. The standard InChI is InChI=1S/C15H16N4O2/c1-4-19-10(3)14(9(2)17-19)12-8-18-6-5-11(15(20)21)7-13(18)16-12/h5-8H,4H2,1-3H3,(H,20,21). The molecular weight excluding hydrogens is 268 g/mol. The fourth-order valence-corrected chi connectivity index (χ4v) is 2.61. The normalized spacial score (nSPS) is 11.2. The average Bonchev–Trinajstić information content (AvgIpc) is 2.98. The summed E-state index contributed by atoms with van der Waals surface area (Å²) in [5, 5.41) is 13.5. The number of aromatic carboxylic acids is 1. The van der Waals surface area contributed by atoms with Crippen LogP contribution in [0.1, 0.15) is 28.7 Å². The van der Waals surface area contributed by atoms with E-state index in [1.807, 2.05) is 36.1 Å². The van der Waals surface area contributed by atoms with Gasteiger partial charge in [-0.15, -0.1) is 0 Å². The molecule has 0 aliphatic heterocycles. The Labute approximate surface area is 121 Å². The van der Waals surface area contributed by atoms with E-state index in [-0.39, 0.29) is 5.56 Å². The Morgan fingerprint density at radius 2 is 2.14 bits per heavy atom. The van der Waals surface area contributed by atoms with Crippen molar-refractivity contribution < 1.29 is 9.90 Å². The van der Waals surface area contributed by atoms with Gasteiger partial charge in [0.1, 0.15) is 5.65 Å². The number of aromatic nitrogens is 4. The van der Waals surface area contributed by atoms with Crippen LogP contribution in [0, 0.1) is 13.8 Å². The molecule has 0 saturated heterocycles. The molecule has 0 spiro atoms. The second-order valence-corrected chi connectivity index (χ2v) is 4.97. The number of carboxylic acid groups (broad SMARTS) is 1. The van der Waals surface area contributed by atoms with E-state index < -0.39 is 5.97 Å². The first-order valence-corrected chi connectivity index (χ1v) is 6.77. The number of carbonyl (C=O) groups is 1. The molecule has 108 valence electrons. The summed E-state index contributed by atoms with van der Waals surface area (Å²) in [7, 11) is 0. The maximum atomic E-state index is 11.0. The number of aryl methyl sites for hydroxylation is 2. The minimum absolute atomic E-state index is 0.234. The lowest BCUT2D eigenvalue weighted by Gasteiger charge is -1.99. The Kier molecular flexibility index (Phi) is 3.01. The lowest BCUT2D eigenvalue weighted by Crippen LogP contribution is -1.98. The fourth-order valence-electron chi connectivity index (χ4n) is 2.61. The van der Waals surface area contributed by atoms with Gasteiger partial charge >= 0.3 is 5.97 Å². The molecule has 6 heteroatoms. The highest BCUT2D eigenvalue weighted by Gasteiger charge is 2.16. The topological polar surface area (TPSA) is 72.4 Å². The minimum atomic E-state index is -0.951. The summed E-state index contributed by atoms with van der Waals surface area (Å²) in [4.78, 5) is 15.6. The largest absolute Gasteiger partial charge is 0.478 e. The summed E-state index contributed by atoms with van der Waals surface area (Å²) in [5.74, 6) is -0.951. The van der Waals surface area contributed by atoms with Crippen molar-refractivity contribution in [3.63, 3.8) is 0 Å². The molecule has 0 fully saturated rings. The lowest BCUT2D eigenvalue weighted by molar-refractivity contribution is 0.0697. The minimum Gasteiger partial charge on any atom is -0.478 e. The Morgan fingerprint density at radius 1 is 1.38 bits per heavy atom. The third-order valence-corrected chi connectivity index (χ3v) is 3.64. The van der Waals surface area contributed by atoms with Crippen LogP contribution in [0.5, 0.6) is 0 Å². The van der Waals surface area contributed by atoms with E-state index in [1.54, 1.807) is 18.3 Å². The lowest BCUT2D eigenvalue weighted by atomic mass is 10.1. The Bertz CT molecular complexity index is 845. The zero-order valence-corrected chi connectivity index (χ0v) is 12.2. The van der Waals surface area contributed by atoms with E-state index in [4.69, 9.17) is 5.11 Å². The number of imidazole rings is 1. The van der Waals surface area contributed by atoms with E-state index in [0.717, 1.165) is 29.2 Å². The number of pyridine rings is 1. The molecule has 6 nitrogen and oxygen atoms in total. The third kappa shape index (κ3) is 2.08. The quantitative estimate of drug-likeness (QED) is 0.802. The maximum Gasteiger partial charge on any atom is 0.335 e. The number of hydrogen-bond acceptors (Lipinski definition) is 3. The van der Waals surface area contributed by atoms with Crippen molar-refractivity contribution >= 4 is 11.6 Å². The summed E-state index contributed by atoms with van der Waals surface area (Å²) in [6, 6.07) is 3.14. The van der Waals surface area contributed by atoms with Crippen molar-refractivity contribution in [3.05, 3.63) is 41.5 Å². The molecule has 0 unspecified atom stereocenters. The summed E-state index contributed by atoms with van der Waals surface area (Å²) >= 11 is 0. The molecule has 0 bridgehead atoms. The van der Waals surface area contributed by atoms with Crippen molar-refractivity contribution in [1.29, 1.82) is 0 Å². The molecule has 3 heterocycles. The Balaban J connectivity index is 2.17. The predicted molar refractivity (Wildman–Crippen MR) is 78.5 cm³/mol. The summed E-state index contributed by atoms with van der Waals surface area (Å²) < 4.78 is 3.77. The molecule has 0 atom stereocenters. The molecule has 3 rings (SSSR count). The van der Waals surface area contributed by atoms with Crippen LogP contribution < -0.4 is 0 Å². The van der Waals surface area contributed by atoms with E-state index >= 15 is 0 Å². The first-order chi connectivity index (χ1) is 10.0. The zero-order chi connectivity index (χ0) is 15.1. The first-order valence-electron chi connectivity index (χ1n) is 6.77. The van der Waals surface area contributed by atoms with Gasteiger partial charge in [0.05, 0.1) is 17.0 Å². The van der Waals surface area contributed by atoms with E-state index in [2.05, 4.69) is 10.1 Å². The van der Waals surface area contributed by atoms with Crippen LogP contribution in [0.3, 0.4) is 0 Å². The third-order valence-electron chi connectivity index (χ3n) is 3.64. The van der Waals surface area contributed by atoms with Gasteiger partial charge in [-0.2, -0.15) is 5.10 Å². The molecule has 0 saturated carbocycles. The molecule has 3 aromatic heterocycles. The number of hydrogen-bond donors (Lipinski definition) is 1. The van der Waals surface area contributed by atoms with E-state index in [1.165, 1.54) is 0 Å². The highest BCUT2D eigenvalue weighted by atomic mass is 16.4. The van der Waals surface area contributed by atoms with Gasteiger partial charge in [0.2, 0.25) is 0 Å².